The molecule has 0 saturated carbocycles. The Kier molecular flexibility index (Phi) is 5.20. The molecule has 8 heteroatoms. The molecule has 0 spiro atoms. The van der Waals surface area contributed by atoms with E-state index in [9.17, 15) is 14.0 Å². The van der Waals surface area contributed by atoms with Crippen molar-refractivity contribution in [2.24, 2.45) is 0 Å². The van der Waals surface area contributed by atoms with Gasteiger partial charge in [-0.15, -0.1) is 0 Å². The molecular weight excluding hydrogens is 413 g/mol. The number of nitrogens with zero attached hydrogens (tertiary/aromatic N) is 1. The molecule has 1 aliphatic rings. The van der Waals surface area contributed by atoms with Crippen molar-refractivity contribution in [3.8, 4) is 11.1 Å². The van der Waals surface area contributed by atoms with Crippen LogP contribution in [0.4, 0.5) is 0 Å². The Morgan fingerprint density at radius 3 is 2.04 bits per heavy atom. The second-order valence-corrected chi connectivity index (χ2v) is 8.50. The SMILES string of the molecule is CN(C)C1(O[Cl+3]([O-])([O-])[O-])OC(c2ccc(-c3ccccc3)cc2)=C[Se]1. The van der Waals surface area contributed by atoms with Gasteiger partial charge in [0.15, 0.2) is 0 Å². The Morgan fingerprint density at radius 2 is 1.48 bits per heavy atom. The average molecular weight is 429 g/mol. The molecule has 0 aromatic heterocycles. The van der Waals surface area contributed by atoms with Gasteiger partial charge in [0, 0.05) is 0 Å². The third kappa shape index (κ3) is 4.23. The molecule has 2 aromatic rings. The van der Waals surface area contributed by atoms with Crippen LogP contribution in [0, 0.1) is 10.2 Å². The molecule has 1 aliphatic heterocycles. The van der Waals surface area contributed by atoms with Gasteiger partial charge in [-0.2, -0.15) is 0 Å². The number of hydrogen-bond acceptors (Lipinski definition) is 6. The van der Waals surface area contributed by atoms with E-state index in [0.29, 0.717) is 5.76 Å². The average Bonchev–Trinajstić information content (AvgIpc) is 2.99. The molecule has 0 radical (unpaired) electrons. The number of benzene rings is 2. The third-order valence-corrected chi connectivity index (χ3v) is 6.61. The van der Waals surface area contributed by atoms with Crippen molar-refractivity contribution >= 4 is 20.7 Å². The Hall–Kier alpha value is -1.41. The first-order valence-electron chi connectivity index (χ1n) is 7.31. The van der Waals surface area contributed by atoms with Gasteiger partial charge < -0.3 is 0 Å². The fourth-order valence-corrected chi connectivity index (χ4v) is 5.13. The van der Waals surface area contributed by atoms with E-state index in [0.717, 1.165) is 16.7 Å². The van der Waals surface area contributed by atoms with Gasteiger partial charge in [-0.25, -0.2) is 0 Å². The molecule has 1 atom stereocenters. The summed E-state index contributed by atoms with van der Waals surface area (Å²) in [4.78, 5) is 1.62. The molecule has 1 unspecified atom stereocenters. The Balaban J connectivity index is 1.79. The molecular formula is C17H16ClNO5Se. The zero-order valence-corrected chi connectivity index (χ0v) is 16.0. The summed E-state index contributed by atoms with van der Waals surface area (Å²) in [6.07, 6.45) is 0. The topological polar surface area (TPSA) is 90.9 Å². The summed E-state index contributed by atoms with van der Waals surface area (Å²) < 4.78 is 43.4. The van der Waals surface area contributed by atoms with Crippen LogP contribution < -0.4 is 14.0 Å². The number of halogens is 1. The Bertz CT molecular complexity index is 761. The van der Waals surface area contributed by atoms with Gasteiger partial charge in [-0.05, 0) is 0 Å². The van der Waals surface area contributed by atoms with Gasteiger partial charge in [-0.1, -0.05) is 0 Å². The maximum atomic E-state index is 11.0. The van der Waals surface area contributed by atoms with Crippen LogP contribution in [0.2, 0.25) is 0 Å². The normalized spacial score (nSPS) is 20.5. The zero-order valence-electron chi connectivity index (χ0n) is 13.5. The molecule has 0 aliphatic carbocycles. The Labute approximate surface area is 154 Å². The fraction of sp³-hybridized carbons (Fsp3) is 0.176. The van der Waals surface area contributed by atoms with Crippen LogP contribution in [0.5, 0.6) is 0 Å². The molecule has 0 amide bonds. The van der Waals surface area contributed by atoms with Crippen LogP contribution in [0.1, 0.15) is 5.56 Å². The molecule has 2 aromatic carbocycles. The van der Waals surface area contributed by atoms with Crippen LogP contribution in [0.15, 0.2) is 59.6 Å². The van der Waals surface area contributed by atoms with Gasteiger partial charge in [0.25, 0.3) is 0 Å². The van der Waals surface area contributed by atoms with Gasteiger partial charge in [0.05, 0.1) is 0 Å². The number of rotatable bonds is 5. The third-order valence-electron chi connectivity index (χ3n) is 3.57. The van der Waals surface area contributed by atoms with Crippen molar-refractivity contribution in [3.63, 3.8) is 0 Å². The van der Waals surface area contributed by atoms with Crippen molar-refractivity contribution < 1.29 is 33.2 Å². The Morgan fingerprint density at radius 1 is 0.920 bits per heavy atom. The summed E-state index contributed by atoms with van der Waals surface area (Å²) in [6.45, 7) is 0. The van der Waals surface area contributed by atoms with Crippen molar-refractivity contribution in [1.29, 1.82) is 0 Å². The quantitative estimate of drug-likeness (QED) is 0.470. The van der Waals surface area contributed by atoms with E-state index < -0.39 is 30.0 Å². The van der Waals surface area contributed by atoms with Gasteiger partial charge >= 0.3 is 154 Å². The number of ether oxygens (including phenoxy) is 1. The maximum absolute atomic E-state index is 11.0. The van der Waals surface area contributed by atoms with E-state index in [-0.39, 0.29) is 0 Å². The summed E-state index contributed by atoms with van der Waals surface area (Å²) in [5.41, 5.74) is 2.94. The van der Waals surface area contributed by atoms with Crippen LogP contribution in [0.3, 0.4) is 0 Å². The minimum absolute atomic E-state index is 0.493. The zero-order chi connectivity index (χ0) is 18.1. The summed E-state index contributed by atoms with van der Waals surface area (Å²) >= 11 is -0.519. The van der Waals surface area contributed by atoms with E-state index in [4.69, 9.17) is 4.74 Å². The predicted octanol–water partition coefficient (Wildman–Crippen LogP) is -0.527. The van der Waals surface area contributed by atoms with Gasteiger partial charge in [-0.3, -0.25) is 0 Å². The second-order valence-electron chi connectivity index (χ2n) is 5.52. The van der Waals surface area contributed by atoms with Crippen LogP contribution in [0.25, 0.3) is 16.9 Å². The predicted molar refractivity (Wildman–Crippen MR) is 84.2 cm³/mol. The van der Waals surface area contributed by atoms with E-state index >= 15 is 0 Å². The van der Waals surface area contributed by atoms with Crippen LogP contribution in [-0.2, 0) is 9.03 Å². The van der Waals surface area contributed by atoms with Gasteiger partial charge in [0.1, 0.15) is 0 Å². The van der Waals surface area contributed by atoms with E-state index in [1.807, 2.05) is 54.6 Å². The van der Waals surface area contributed by atoms with E-state index in [2.05, 4.69) is 4.29 Å². The van der Waals surface area contributed by atoms with Crippen molar-refractivity contribution in [1.82, 2.24) is 4.90 Å². The van der Waals surface area contributed by atoms with E-state index in [1.165, 1.54) is 4.90 Å². The standard InChI is InChI=1S/C17H16ClNO5Se/c1-19(2)17(24-18(20,21)22)23-16(12-25-17)15-10-8-14(9-11-15)13-6-4-3-5-7-13/h3-12H,1-2H3. The van der Waals surface area contributed by atoms with Crippen LogP contribution >= 0.6 is 0 Å². The molecule has 0 bridgehead atoms. The molecule has 1 heterocycles. The minimum atomic E-state index is -4.60. The van der Waals surface area contributed by atoms with E-state index in [1.54, 1.807) is 19.1 Å². The summed E-state index contributed by atoms with van der Waals surface area (Å²) in [5.74, 6) is 0.493. The molecule has 0 N–H and O–H groups in total. The molecule has 3 rings (SSSR count). The molecule has 0 saturated heterocycles. The molecule has 0 fully saturated rings. The first-order chi connectivity index (χ1) is 11.8. The molecule has 25 heavy (non-hydrogen) atoms. The van der Waals surface area contributed by atoms with Crippen molar-refractivity contribution in [3.05, 3.63) is 65.1 Å². The first kappa shape index (κ1) is 18.4. The number of hydrogen-bond donors (Lipinski definition) is 0. The van der Waals surface area contributed by atoms with Crippen molar-refractivity contribution in [2.45, 2.75) is 4.81 Å². The molecule has 132 valence electrons. The summed E-state index contributed by atoms with van der Waals surface area (Å²) in [5, 5.41) is 0. The van der Waals surface area contributed by atoms with Crippen molar-refractivity contribution in [2.75, 3.05) is 14.1 Å². The second kappa shape index (κ2) is 7.07. The van der Waals surface area contributed by atoms with Crippen LogP contribution in [-0.4, -0.2) is 38.8 Å². The first-order valence-corrected chi connectivity index (χ1v) is 10.4. The summed E-state index contributed by atoms with van der Waals surface area (Å²) in [7, 11) is -1.41. The fourth-order valence-electron chi connectivity index (χ4n) is 2.32. The summed E-state index contributed by atoms with van der Waals surface area (Å²) in [6, 6.07) is 17.6. The molecule has 6 nitrogen and oxygen atoms in total. The monoisotopic (exact) mass is 429 g/mol. The van der Waals surface area contributed by atoms with Gasteiger partial charge in [0.2, 0.25) is 0 Å².